The first-order valence-corrected chi connectivity index (χ1v) is 8.22. The van der Waals surface area contributed by atoms with Gasteiger partial charge in [0.25, 0.3) is 5.91 Å². The van der Waals surface area contributed by atoms with Gasteiger partial charge in [-0.3, -0.25) is 9.69 Å². The van der Waals surface area contributed by atoms with Crippen LogP contribution in [-0.4, -0.2) is 61.4 Å². The zero-order valence-corrected chi connectivity index (χ0v) is 13.5. The topological polar surface area (TPSA) is 87.8 Å². The molecule has 1 amide bonds. The molecule has 128 valence electrons. The van der Waals surface area contributed by atoms with Crippen LogP contribution < -0.4 is 11.1 Å². The Balaban J connectivity index is 1.74. The number of hydrogen-bond acceptors (Lipinski definition) is 5. The summed E-state index contributed by atoms with van der Waals surface area (Å²) in [7, 11) is 0. The van der Waals surface area contributed by atoms with Crippen molar-refractivity contribution in [3.05, 3.63) is 35.4 Å². The van der Waals surface area contributed by atoms with Crippen molar-refractivity contribution in [2.24, 2.45) is 5.73 Å². The van der Waals surface area contributed by atoms with E-state index in [1.807, 2.05) is 24.3 Å². The van der Waals surface area contributed by atoms with Crippen molar-refractivity contribution in [2.45, 2.75) is 25.4 Å². The third-order valence-corrected chi connectivity index (χ3v) is 4.02. The number of ether oxygens (including phenoxy) is 1. The van der Waals surface area contributed by atoms with Gasteiger partial charge in [-0.15, -0.1) is 0 Å². The number of nitrogens with one attached hydrogen (secondary N) is 1. The summed E-state index contributed by atoms with van der Waals surface area (Å²) in [5.41, 5.74) is 7.78. The lowest BCUT2D eigenvalue weighted by Gasteiger charge is -2.30. The molecular weight excluding hydrogens is 294 g/mol. The average molecular weight is 321 g/mol. The lowest BCUT2D eigenvalue weighted by Crippen LogP contribution is -2.39. The predicted octanol–water partition coefficient (Wildman–Crippen LogP) is 0.348. The van der Waals surface area contributed by atoms with Crippen LogP contribution in [0.15, 0.2) is 24.3 Å². The second kappa shape index (κ2) is 9.62. The highest BCUT2D eigenvalue weighted by Gasteiger charge is 2.16. The van der Waals surface area contributed by atoms with Gasteiger partial charge in [0.15, 0.2) is 0 Å². The Morgan fingerprint density at radius 2 is 1.96 bits per heavy atom. The number of benzene rings is 1. The van der Waals surface area contributed by atoms with E-state index in [1.54, 1.807) is 0 Å². The molecule has 0 aliphatic carbocycles. The molecule has 23 heavy (non-hydrogen) atoms. The molecule has 1 saturated heterocycles. The van der Waals surface area contributed by atoms with Crippen LogP contribution in [0.5, 0.6) is 0 Å². The third kappa shape index (κ3) is 6.27. The van der Waals surface area contributed by atoms with Gasteiger partial charge in [-0.1, -0.05) is 12.1 Å². The van der Waals surface area contributed by atoms with Gasteiger partial charge in [0, 0.05) is 24.7 Å². The maximum Gasteiger partial charge on any atom is 0.251 e. The highest BCUT2D eigenvalue weighted by molar-refractivity contribution is 5.94. The number of piperidine rings is 1. The first kappa shape index (κ1) is 17.9. The molecule has 0 bridgehead atoms. The number of nitrogens with zero attached hydrogens (tertiary/aromatic N) is 1. The standard InChI is InChI=1S/C17H27N3O3/c18-16-5-8-20(9-6-16)13-14-1-3-15(4-2-14)17(22)19-7-11-23-12-10-21/h1-4,16,21H,5-13,18H2,(H,19,22). The highest BCUT2D eigenvalue weighted by atomic mass is 16.5. The van der Waals surface area contributed by atoms with Gasteiger partial charge in [0.1, 0.15) is 0 Å². The van der Waals surface area contributed by atoms with Crippen LogP contribution >= 0.6 is 0 Å². The fourth-order valence-electron chi connectivity index (χ4n) is 2.64. The first-order valence-electron chi connectivity index (χ1n) is 8.22. The van der Waals surface area contributed by atoms with E-state index in [0.717, 1.165) is 32.5 Å². The Morgan fingerprint density at radius 1 is 1.26 bits per heavy atom. The minimum atomic E-state index is -0.104. The molecule has 2 rings (SSSR count). The Morgan fingerprint density at radius 3 is 2.61 bits per heavy atom. The van der Waals surface area contributed by atoms with Crippen LogP contribution in [0.25, 0.3) is 0 Å². The summed E-state index contributed by atoms with van der Waals surface area (Å²) in [6.45, 7) is 4.12. The first-order chi connectivity index (χ1) is 11.2. The summed E-state index contributed by atoms with van der Waals surface area (Å²) in [6, 6.07) is 8.07. The second-order valence-corrected chi connectivity index (χ2v) is 5.90. The Hall–Kier alpha value is -1.47. The van der Waals surface area contributed by atoms with E-state index in [-0.39, 0.29) is 12.5 Å². The number of aliphatic hydroxyl groups is 1. The van der Waals surface area contributed by atoms with Crippen LogP contribution in [-0.2, 0) is 11.3 Å². The van der Waals surface area contributed by atoms with Gasteiger partial charge in [-0.25, -0.2) is 0 Å². The van der Waals surface area contributed by atoms with E-state index in [4.69, 9.17) is 15.6 Å². The van der Waals surface area contributed by atoms with Gasteiger partial charge < -0.3 is 20.9 Å². The van der Waals surface area contributed by atoms with E-state index >= 15 is 0 Å². The SMILES string of the molecule is NC1CCN(Cc2ccc(C(=O)NCCOCCO)cc2)CC1. The quantitative estimate of drug-likeness (QED) is 0.601. The normalized spacial score (nSPS) is 16.4. The molecule has 1 aliphatic rings. The van der Waals surface area contributed by atoms with Gasteiger partial charge in [0.05, 0.1) is 19.8 Å². The Kier molecular flexibility index (Phi) is 7.48. The van der Waals surface area contributed by atoms with Crippen molar-refractivity contribution < 1.29 is 14.6 Å². The van der Waals surface area contributed by atoms with Gasteiger partial charge in [-0.05, 0) is 43.6 Å². The molecule has 4 N–H and O–H groups in total. The van der Waals surface area contributed by atoms with Crippen molar-refractivity contribution in [3.8, 4) is 0 Å². The van der Waals surface area contributed by atoms with E-state index < -0.39 is 0 Å². The lowest BCUT2D eigenvalue weighted by molar-refractivity contribution is 0.0838. The smallest absolute Gasteiger partial charge is 0.251 e. The molecule has 1 aromatic carbocycles. The second-order valence-electron chi connectivity index (χ2n) is 5.90. The molecule has 0 spiro atoms. The Bertz CT molecular complexity index is 470. The zero-order chi connectivity index (χ0) is 16.5. The minimum Gasteiger partial charge on any atom is -0.394 e. The lowest BCUT2D eigenvalue weighted by atomic mass is 10.0. The molecule has 0 aromatic heterocycles. The summed E-state index contributed by atoms with van der Waals surface area (Å²) in [5, 5.41) is 11.4. The summed E-state index contributed by atoms with van der Waals surface area (Å²) >= 11 is 0. The number of aliphatic hydroxyl groups excluding tert-OH is 1. The fourth-order valence-corrected chi connectivity index (χ4v) is 2.64. The van der Waals surface area contributed by atoms with Gasteiger partial charge in [0.2, 0.25) is 0 Å². The molecule has 1 aromatic rings. The van der Waals surface area contributed by atoms with E-state index in [0.29, 0.717) is 31.4 Å². The number of rotatable bonds is 8. The number of carbonyl (C=O) groups excluding carboxylic acids is 1. The number of likely N-dealkylation sites (tertiary alicyclic amines) is 1. The summed E-state index contributed by atoms with van der Waals surface area (Å²) in [6.07, 6.45) is 2.11. The highest BCUT2D eigenvalue weighted by Crippen LogP contribution is 2.13. The maximum absolute atomic E-state index is 12.0. The minimum absolute atomic E-state index is 0.00162. The van der Waals surface area contributed by atoms with Crippen LogP contribution in [0, 0.1) is 0 Å². The van der Waals surface area contributed by atoms with E-state index in [1.165, 1.54) is 5.56 Å². The number of carbonyl (C=O) groups is 1. The molecule has 0 atom stereocenters. The molecule has 6 heteroatoms. The van der Waals surface area contributed by atoms with Crippen molar-refractivity contribution >= 4 is 5.91 Å². The average Bonchev–Trinajstić information content (AvgIpc) is 2.57. The number of nitrogens with two attached hydrogens (primary N) is 1. The molecule has 0 saturated carbocycles. The van der Waals surface area contributed by atoms with Gasteiger partial charge in [-0.2, -0.15) is 0 Å². The molecule has 1 fully saturated rings. The van der Waals surface area contributed by atoms with Crippen molar-refractivity contribution in [3.63, 3.8) is 0 Å². The summed E-state index contributed by atoms with van der Waals surface area (Å²) in [5.74, 6) is -0.104. The molecular formula is C17H27N3O3. The monoisotopic (exact) mass is 321 g/mol. The van der Waals surface area contributed by atoms with Crippen LogP contribution in [0.1, 0.15) is 28.8 Å². The largest absolute Gasteiger partial charge is 0.394 e. The molecule has 1 heterocycles. The zero-order valence-electron chi connectivity index (χ0n) is 13.5. The summed E-state index contributed by atoms with van der Waals surface area (Å²) in [4.78, 5) is 14.4. The predicted molar refractivity (Wildman–Crippen MR) is 89.2 cm³/mol. The molecule has 0 unspecified atom stereocenters. The van der Waals surface area contributed by atoms with E-state index in [9.17, 15) is 4.79 Å². The molecule has 6 nitrogen and oxygen atoms in total. The number of amides is 1. The molecule has 0 radical (unpaired) electrons. The third-order valence-electron chi connectivity index (χ3n) is 4.02. The van der Waals surface area contributed by atoms with Crippen LogP contribution in [0.2, 0.25) is 0 Å². The fraction of sp³-hybridized carbons (Fsp3) is 0.588. The van der Waals surface area contributed by atoms with Crippen LogP contribution in [0.4, 0.5) is 0 Å². The molecule has 1 aliphatic heterocycles. The van der Waals surface area contributed by atoms with Crippen molar-refractivity contribution in [1.29, 1.82) is 0 Å². The maximum atomic E-state index is 12.0. The van der Waals surface area contributed by atoms with Crippen molar-refractivity contribution in [2.75, 3.05) is 39.5 Å². The number of hydrogen-bond donors (Lipinski definition) is 3. The van der Waals surface area contributed by atoms with Crippen molar-refractivity contribution in [1.82, 2.24) is 10.2 Å². The Labute approximate surface area is 137 Å². The van der Waals surface area contributed by atoms with E-state index in [2.05, 4.69) is 10.2 Å². The summed E-state index contributed by atoms with van der Waals surface area (Å²) < 4.78 is 5.10. The van der Waals surface area contributed by atoms with Crippen LogP contribution in [0.3, 0.4) is 0 Å². The van der Waals surface area contributed by atoms with Gasteiger partial charge >= 0.3 is 0 Å².